The first-order valence-corrected chi connectivity index (χ1v) is 4.07. The van der Waals surface area contributed by atoms with Crippen LogP contribution in [-0.4, -0.2) is 9.91 Å². The van der Waals surface area contributed by atoms with Gasteiger partial charge in [0.25, 0.3) is 12.1 Å². The minimum Gasteiger partial charge on any atom is -0.258 e. The van der Waals surface area contributed by atoms with Crippen LogP contribution < -0.4 is 0 Å². The molecular weight excluding hydrogens is 218 g/mol. The van der Waals surface area contributed by atoms with Gasteiger partial charge in [-0.3, -0.25) is 15.1 Å². The van der Waals surface area contributed by atoms with E-state index in [0.717, 1.165) is 12.1 Å². The number of nitro groups is 1. The van der Waals surface area contributed by atoms with Gasteiger partial charge in [-0.15, -0.1) is 11.6 Å². The van der Waals surface area contributed by atoms with Crippen molar-refractivity contribution in [3.8, 4) is 0 Å². The third kappa shape index (κ3) is 2.35. The number of alkyl halides is 3. The predicted octanol–water partition coefficient (Wildman–Crippen LogP) is 2.67. The lowest BCUT2D eigenvalue weighted by molar-refractivity contribution is -0.385. The molecule has 1 aromatic rings. The largest absolute Gasteiger partial charge is 0.280 e. The topological polar surface area (TPSA) is 56.0 Å². The van der Waals surface area contributed by atoms with Crippen molar-refractivity contribution < 1.29 is 13.7 Å². The van der Waals surface area contributed by atoms with Gasteiger partial charge in [-0.2, -0.15) is 0 Å². The van der Waals surface area contributed by atoms with Gasteiger partial charge in [0.05, 0.1) is 16.5 Å². The Bertz CT molecular complexity index is 360. The molecule has 76 valence electrons. The average Bonchev–Trinajstić information content (AvgIpc) is 2.16. The van der Waals surface area contributed by atoms with Gasteiger partial charge in [0.1, 0.15) is 5.69 Å². The van der Waals surface area contributed by atoms with Crippen LogP contribution in [0.2, 0.25) is 0 Å². The maximum atomic E-state index is 12.2. The van der Waals surface area contributed by atoms with Crippen molar-refractivity contribution in [2.24, 2.45) is 0 Å². The number of rotatable bonds is 3. The number of halogens is 3. The molecule has 0 unspecified atom stereocenters. The van der Waals surface area contributed by atoms with Crippen molar-refractivity contribution >= 4 is 17.3 Å². The molecule has 0 spiro atoms. The monoisotopic (exact) mass is 222 g/mol. The van der Waals surface area contributed by atoms with Gasteiger partial charge >= 0.3 is 0 Å². The van der Waals surface area contributed by atoms with E-state index >= 15 is 0 Å². The van der Waals surface area contributed by atoms with Crippen molar-refractivity contribution in [1.29, 1.82) is 0 Å². The first kappa shape index (κ1) is 10.8. The summed E-state index contributed by atoms with van der Waals surface area (Å²) in [6.45, 7) is 0. The third-order valence-corrected chi connectivity index (χ3v) is 1.73. The van der Waals surface area contributed by atoms with E-state index in [9.17, 15) is 18.9 Å². The summed E-state index contributed by atoms with van der Waals surface area (Å²) in [5.41, 5.74) is -0.989. The van der Waals surface area contributed by atoms with Crippen LogP contribution in [0.4, 0.5) is 14.5 Å². The van der Waals surface area contributed by atoms with E-state index in [-0.39, 0.29) is 11.6 Å². The molecule has 0 bridgehead atoms. The van der Waals surface area contributed by atoms with Gasteiger partial charge in [-0.25, -0.2) is 8.78 Å². The van der Waals surface area contributed by atoms with E-state index in [0.29, 0.717) is 0 Å². The number of aromatic nitrogens is 1. The van der Waals surface area contributed by atoms with Crippen LogP contribution in [-0.2, 0) is 5.88 Å². The van der Waals surface area contributed by atoms with E-state index in [4.69, 9.17) is 11.6 Å². The average molecular weight is 223 g/mol. The van der Waals surface area contributed by atoms with Crippen molar-refractivity contribution in [3.05, 3.63) is 33.6 Å². The first-order valence-electron chi connectivity index (χ1n) is 3.54. The highest BCUT2D eigenvalue weighted by atomic mass is 35.5. The highest BCUT2D eigenvalue weighted by Gasteiger charge is 2.16. The summed E-state index contributed by atoms with van der Waals surface area (Å²) in [5.74, 6) is -0.138. The molecule has 4 nitrogen and oxygen atoms in total. The molecule has 14 heavy (non-hydrogen) atoms. The molecule has 0 radical (unpaired) electrons. The molecule has 0 aliphatic heterocycles. The molecule has 1 heterocycles. The van der Waals surface area contributed by atoms with Gasteiger partial charge in [0, 0.05) is 12.1 Å². The second-order valence-electron chi connectivity index (χ2n) is 2.43. The summed E-state index contributed by atoms with van der Waals surface area (Å²) < 4.78 is 24.4. The zero-order valence-corrected chi connectivity index (χ0v) is 7.54. The van der Waals surface area contributed by atoms with E-state index in [1.54, 1.807) is 0 Å². The van der Waals surface area contributed by atoms with Crippen molar-refractivity contribution in [1.82, 2.24) is 4.98 Å². The van der Waals surface area contributed by atoms with Gasteiger partial charge < -0.3 is 0 Å². The highest BCUT2D eigenvalue weighted by molar-refractivity contribution is 6.16. The molecular formula is C7H5ClF2N2O2. The maximum absolute atomic E-state index is 12.2. The van der Waals surface area contributed by atoms with Gasteiger partial charge in [0.2, 0.25) is 0 Å². The second-order valence-corrected chi connectivity index (χ2v) is 2.70. The Labute approximate surface area is 82.7 Å². The summed E-state index contributed by atoms with van der Waals surface area (Å²) >= 11 is 5.35. The molecule has 0 aliphatic carbocycles. The molecule has 7 heteroatoms. The highest BCUT2D eigenvalue weighted by Crippen LogP contribution is 2.22. The van der Waals surface area contributed by atoms with Gasteiger partial charge in [-0.05, 0) is 0 Å². The minimum atomic E-state index is -2.84. The van der Waals surface area contributed by atoms with Crippen LogP contribution in [0.15, 0.2) is 12.1 Å². The fourth-order valence-electron chi connectivity index (χ4n) is 0.880. The van der Waals surface area contributed by atoms with Gasteiger partial charge in [0.15, 0.2) is 0 Å². The Kier molecular flexibility index (Phi) is 3.29. The summed E-state index contributed by atoms with van der Waals surface area (Å²) in [7, 11) is 0. The molecule has 0 atom stereocenters. The third-order valence-electron chi connectivity index (χ3n) is 1.45. The Morgan fingerprint density at radius 3 is 2.64 bits per heavy atom. The summed E-state index contributed by atoms with van der Waals surface area (Å²) in [6, 6.07) is 1.81. The number of nitrogens with zero attached hydrogens (tertiary/aromatic N) is 2. The molecule has 1 aromatic heterocycles. The van der Waals surface area contributed by atoms with Crippen molar-refractivity contribution in [3.63, 3.8) is 0 Å². The Balaban J connectivity index is 3.20. The summed E-state index contributed by atoms with van der Waals surface area (Å²) in [5, 5.41) is 10.3. The molecule has 0 fully saturated rings. The van der Waals surface area contributed by atoms with Crippen LogP contribution in [0.1, 0.15) is 17.8 Å². The van der Waals surface area contributed by atoms with Crippen LogP contribution in [0.3, 0.4) is 0 Å². The minimum absolute atomic E-state index is 0.0659. The van der Waals surface area contributed by atoms with Crippen molar-refractivity contribution in [2.45, 2.75) is 12.3 Å². The lowest BCUT2D eigenvalue weighted by atomic mass is 10.3. The molecule has 0 aromatic carbocycles. The second kappa shape index (κ2) is 4.28. The van der Waals surface area contributed by atoms with Gasteiger partial charge in [-0.1, -0.05) is 0 Å². The van der Waals surface area contributed by atoms with E-state index in [2.05, 4.69) is 4.98 Å². The predicted molar refractivity (Wildman–Crippen MR) is 45.4 cm³/mol. The van der Waals surface area contributed by atoms with E-state index < -0.39 is 22.7 Å². The standard InChI is InChI=1S/C7H5ClF2N2O2/c8-3-4-1-5(12(13)14)2-6(11-4)7(9)10/h1-2,7H,3H2. The van der Waals surface area contributed by atoms with Crippen LogP contribution in [0, 0.1) is 10.1 Å². The lowest BCUT2D eigenvalue weighted by Gasteiger charge is -2.01. The maximum Gasteiger partial charge on any atom is 0.280 e. The van der Waals surface area contributed by atoms with E-state index in [1.807, 2.05) is 0 Å². The number of hydrogen-bond acceptors (Lipinski definition) is 3. The quantitative estimate of drug-likeness (QED) is 0.449. The number of hydrogen-bond donors (Lipinski definition) is 0. The Hall–Kier alpha value is -1.30. The molecule has 0 amide bonds. The summed E-state index contributed by atoms with van der Waals surface area (Å²) in [6.07, 6.45) is -2.84. The molecule has 0 N–H and O–H groups in total. The molecule has 0 saturated carbocycles. The van der Waals surface area contributed by atoms with E-state index in [1.165, 1.54) is 0 Å². The van der Waals surface area contributed by atoms with Crippen LogP contribution in [0.5, 0.6) is 0 Å². The lowest BCUT2D eigenvalue weighted by Crippen LogP contribution is -1.98. The zero-order chi connectivity index (χ0) is 10.7. The normalized spacial score (nSPS) is 10.6. The molecule has 0 saturated heterocycles. The first-order chi connectivity index (χ1) is 6.54. The smallest absolute Gasteiger partial charge is 0.258 e. The van der Waals surface area contributed by atoms with Crippen LogP contribution >= 0.6 is 11.6 Å². The fourth-order valence-corrected chi connectivity index (χ4v) is 1.02. The fraction of sp³-hybridized carbons (Fsp3) is 0.286. The SMILES string of the molecule is O=[N+]([O-])c1cc(CCl)nc(C(F)F)c1. The zero-order valence-electron chi connectivity index (χ0n) is 6.78. The number of pyridine rings is 1. The van der Waals surface area contributed by atoms with Crippen molar-refractivity contribution in [2.75, 3.05) is 0 Å². The Morgan fingerprint density at radius 1 is 1.57 bits per heavy atom. The molecule has 0 aliphatic rings. The molecule has 1 rings (SSSR count). The van der Waals surface area contributed by atoms with Crippen LogP contribution in [0.25, 0.3) is 0 Å². The summed E-state index contributed by atoms with van der Waals surface area (Å²) in [4.78, 5) is 13.0. The Morgan fingerprint density at radius 2 is 2.21 bits per heavy atom.